The third kappa shape index (κ3) is 3.35. The number of aromatic nitrogens is 1. The summed E-state index contributed by atoms with van der Waals surface area (Å²) in [4.78, 5) is 17.2. The highest BCUT2D eigenvalue weighted by molar-refractivity contribution is 7.17. The number of furan rings is 2. The summed E-state index contributed by atoms with van der Waals surface area (Å²) in [6.45, 7) is 3.69. The van der Waals surface area contributed by atoms with Crippen LogP contribution in [0.4, 0.5) is 0 Å². The Balaban J connectivity index is 1.69. The average Bonchev–Trinajstić information content (AvgIpc) is 3.24. The minimum absolute atomic E-state index is 0.0683. The van der Waals surface area contributed by atoms with Crippen LogP contribution in [-0.4, -0.2) is 22.5 Å². The Morgan fingerprint density at radius 1 is 1.39 bits per heavy atom. The van der Waals surface area contributed by atoms with E-state index >= 15 is 0 Å². The second kappa shape index (κ2) is 6.39. The number of rotatable bonds is 5. The summed E-state index contributed by atoms with van der Waals surface area (Å²) in [6, 6.07) is 7.03. The van der Waals surface area contributed by atoms with E-state index in [2.05, 4.69) is 10.3 Å². The van der Waals surface area contributed by atoms with Gasteiger partial charge in [0, 0.05) is 0 Å². The van der Waals surface area contributed by atoms with Gasteiger partial charge < -0.3 is 19.3 Å². The van der Waals surface area contributed by atoms with Gasteiger partial charge in [0.05, 0.1) is 18.5 Å². The fourth-order valence-electron chi connectivity index (χ4n) is 2.11. The topological polar surface area (TPSA) is 88.5 Å². The number of carbonyl (C=O) groups is 1. The molecule has 120 valence electrons. The largest absolute Gasteiger partial charge is 0.467 e. The van der Waals surface area contributed by atoms with Crippen LogP contribution in [0.25, 0.3) is 10.8 Å². The van der Waals surface area contributed by atoms with Crippen LogP contribution < -0.4 is 5.32 Å². The first-order chi connectivity index (χ1) is 11.0. The first-order valence-electron chi connectivity index (χ1n) is 7.08. The van der Waals surface area contributed by atoms with E-state index in [1.54, 1.807) is 19.1 Å². The molecule has 3 rings (SSSR count). The number of nitrogens with zero attached hydrogens (tertiary/aromatic N) is 1. The van der Waals surface area contributed by atoms with Crippen LogP contribution in [0.15, 0.2) is 39.4 Å². The predicted octanol–water partition coefficient (Wildman–Crippen LogP) is 3.08. The zero-order valence-electron chi connectivity index (χ0n) is 12.7. The molecular formula is C16H16N2O4S. The van der Waals surface area contributed by atoms with Crippen LogP contribution in [0.3, 0.4) is 0 Å². The highest BCUT2D eigenvalue weighted by Gasteiger charge is 2.19. The Hall–Kier alpha value is -2.38. The van der Waals surface area contributed by atoms with Gasteiger partial charge >= 0.3 is 0 Å². The molecule has 1 atom stereocenters. The number of aryl methyl sites for hydroxylation is 2. The Labute approximate surface area is 136 Å². The molecule has 23 heavy (non-hydrogen) atoms. The van der Waals surface area contributed by atoms with Gasteiger partial charge in [-0.15, -0.1) is 11.3 Å². The van der Waals surface area contributed by atoms with Crippen molar-refractivity contribution in [3.63, 3.8) is 0 Å². The second-order valence-electron chi connectivity index (χ2n) is 5.09. The monoisotopic (exact) mass is 332 g/mol. The van der Waals surface area contributed by atoms with Crippen molar-refractivity contribution in [2.24, 2.45) is 0 Å². The van der Waals surface area contributed by atoms with Gasteiger partial charge in [0.25, 0.3) is 5.91 Å². The van der Waals surface area contributed by atoms with E-state index in [0.717, 1.165) is 5.76 Å². The number of hydrogen-bond donors (Lipinski definition) is 2. The molecule has 1 amide bonds. The van der Waals surface area contributed by atoms with E-state index in [0.29, 0.717) is 27.1 Å². The van der Waals surface area contributed by atoms with E-state index in [9.17, 15) is 9.90 Å². The highest BCUT2D eigenvalue weighted by atomic mass is 32.1. The van der Waals surface area contributed by atoms with Crippen molar-refractivity contribution >= 4 is 17.2 Å². The predicted molar refractivity (Wildman–Crippen MR) is 85.3 cm³/mol. The number of aliphatic hydroxyl groups is 1. The molecule has 0 aromatic carbocycles. The molecule has 0 aliphatic rings. The van der Waals surface area contributed by atoms with Gasteiger partial charge in [-0.3, -0.25) is 4.79 Å². The zero-order chi connectivity index (χ0) is 16.4. The minimum atomic E-state index is -0.880. The molecule has 2 N–H and O–H groups in total. The zero-order valence-corrected chi connectivity index (χ0v) is 13.5. The maximum atomic E-state index is 12.3. The summed E-state index contributed by atoms with van der Waals surface area (Å²) >= 11 is 1.26. The number of aliphatic hydroxyl groups excluding tert-OH is 1. The molecule has 1 unspecified atom stereocenters. The van der Waals surface area contributed by atoms with E-state index in [-0.39, 0.29) is 12.5 Å². The Morgan fingerprint density at radius 3 is 2.87 bits per heavy atom. The Morgan fingerprint density at radius 2 is 2.22 bits per heavy atom. The Bertz CT molecular complexity index is 804. The van der Waals surface area contributed by atoms with Crippen LogP contribution in [0.1, 0.15) is 33.0 Å². The SMILES string of the molecule is Cc1ccc(-c2nc(C)c(C(=O)NCC(O)c3ccco3)s2)o1. The summed E-state index contributed by atoms with van der Waals surface area (Å²) in [5.74, 6) is 1.57. The van der Waals surface area contributed by atoms with Crippen molar-refractivity contribution < 1.29 is 18.7 Å². The maximum absolute atomic E-state index is 12.3. The van der Waals surface area contributed by atoms with Gasteiger partial charge in [-0.2, -0.15) is 0 Å². The molecule has 0 bridgehead atoms. The molecule has 0 aliphatic carbocycles. The molecule has 0 radical (unpaired) electrons. The molecule has 3 aromatic rings. The van der Waals surface area contributed by atoms with Crippen molar-refractivity contribution in [1.29, 1.82) is 0 Å². The van der Waals surface area contributed by atoms with Gasteiger partial charge in [-0.05, 0) is 38.1 Å². The average molecular weight is 332 g/mol. The molecule has 0 aliphatic heterocycles. The van der Waals surface area contributed by atoms with E-state index < -0.39 is 6.10 Å². The molecule has 7 heteroatoms. The molecule has 3 heterocycles. The molecule has 6 nitrogen and oxygen atoms in total. The number of carbonyl (C=O) groups excluding carboxylic acids is 1. The number of nitrogens with one attached hydrogen (secondary N) is 1. The highest BCUT2D eigenvalue weighted by Crippen LogP contribution is 2.29. The van der Waals surface area contributed by atoms with E-state index in [1.165, 1.54) is 17.6 Å². The lowest BCUT2D eigenvalue weighted by Gasteiger charge is -2.08. The lowest BCUT2D eigenvalue weighted by molar-refractivity contribution is 0.0904. The van der Waals surface area contributed by atoms with Crippen LogP contribution in [0, 0.1) is 13.8 Å². The standard InChI is InChI=1S/C16H16N2O4S/c1-9-5-6-13(22-9)16-18-10(2)14(23-16)15(20)17-8-11(19)12-4-3-7-21-12/h3-7,11,19H,8H2,1-2H3,(H,17,20). The summed E-state index contributed by atoms with van der Waals surface area (Å²) < 4.78 is 10.6. The molecule has 0 spiro atoms. The van der Waals surface area contributed by atoms with Crippen LogP contribution in [-0.2, 0) is 0 Å². The molecule has 3 aromatic heterocycles. The summed E-state index contributed by atoms with van der Waals surface area (Å²) in [5, 5.41) is 13.3. The van der Waals surface area contributed by atoms with E-state index in [4.69, 9.17) is 8.83 Å². The van der Waals surface area contributed by atoms with Gasteiger partial charge in [0.2, 0.25) is 0 Å². The summed E-state index contributed by atoms with van der Waals surface area (Å²) in [6.07, 6.45) is 0.597. The second-order valence-corrected chi connectivity index (χ2v) is 6.08. The minimum Gasteiger partial charge on any atom is -0.467 e. The fraction of sp³-hybridized carbons (Fsp3) is 0.250. The van der Waals surface area contributed by atoms with Gasteiger partial charge in [-0.1, -0.05) is 0 Å². The normalized spacial score (nSPS) is 12.3. The number of hydrogen-bond acceptors (Lipinski definition) is 6. The Kier molecular flexibility index (Phi) is 4.31. The van der Waals surface area contributed by atoms with Crippen molar-refractivity contribution in [3.05, 3.63) is 52.6 Å². The first-order valence-corrected chi connectivity index (χ1v) is 7.90. The van der Waals surface area contributed by atoms with Crippen LogP contribution >= 0.6 is 11.3 Å². The third-order valence-electron chi connectivity index (χ3n) is 3.28. The smallest absolute Gasteiger partial charge is 0.263 e. The first kappa shape index (κ1) is 15.5. The molecular weight excluding hydrogens is 316 g/mol. The third-order valence-corrected chi connectivity index (χ3v) is 4.45. The number of amides is 1. The molecule has 0 saturated heterocycles. The fourth-order valence-corrected chi connectivity index (χ4v) is 3.06. The molecule has 0 fully saturated rings. The van der Waals surface area contributed by atoms with Crippen molar-refractivity contribution in [2.75, 3.05) is 6.54 Å². The van der Waals surface area contributed by atoms with Crippen molar-refractivity contribution in [3.8, 4) is 10.8 Å². The van der Waals surface area contributed by atoms with Gasteiger partial charge in [-0.25, -0.2) is 4.98 Å². The summed E-state index contributed by atoms with van der Waals surface area (Å²) in [7, 11) is 0. The number of thiazole rings is 1. The summed E-state index contributed by atoms with van der Waals surface area (Å²) in [5.41, 5.74) is 0.629. The quantitative estimate of drug-likeness (QED) is 0.749. The maximum Gasteiger partial charge on any atom is 0.263 e. The van der Waals surface area contributed by atoms with E-state index in [1.807, 2.05) is 19.1 Å². The van der Waals surface area contributed by atoms with Crippen LogP contribution in [0.2, 0.25) is 0 Å². The lowest BCUT2D eigenvalue weighted by Crippen LogP contribution is -2.28. The van der Waals surface area contributed by atoms with Gasteiger partial charge in [0.1, 0.15) is 22.5 Å². The van der Waals surface area contributed by atoms with Gasteiger partial charge in [0.15, 0.2) is 10.8 Å². The lowest BCUT2D eigenvalue weighted by atomic mass is 10.2. The van der Waals surface area contributed by atoms with Crippen molar-refractivity contribution in [1.82, 2.24) is 10.3 Å². The van der Waals surface area contributed by atoms with Crippen molar-refractivity contribution in [2.45, 2.75) is 20.0 Å². The van der Waals surface area contributed by atoms with Crippen LogP contribution in [0.5, 0.6) is 0 Å². The molecule has 0 saturated carbocycles.